The van der Waals surface area contributed by atoms with Crippen LogP contribution in [0.1, 0.15) is 10.4 Å². The van der Waals surface area contributed by atoms with Crippen molar-refractivity contribution in [3.05, 3.63) is 55.0 Å². The minimum absolute atomic E-state index is 0.0995. The molecule has 0 N–H and O–H groups in total. The van der Waals surface area contributed by atoms with Gasteiger partial charge in [-0.15, -0.1) is 0 Å². The van der Waals surface area contributed by atoms with Crippen LogP contribution in [0.2, 0.25) is 0 Å². The Morgan fingerprint density at radius 2 is 1.78 bits per heavy atom. The lowest BCUT2D eigenvalue weighted by molar-refractivity contribution is 0.0632. The zero-order valence-corrected chi connectivity index (χ0v) is 15.4. The molecule has 0 aliphatic carbocycles. The van der Waals surface area contributed by atoms with Crippen LogP contribution in [0.4, 0.5) is 0 Å². The maximum atomic E-state index is 12.8. The maximum absolute atomic E-state index is 12.8. The van der Waals surface area contributed by atoms with Gasteiger partial charge >= 0.3 is 0 Å². The number of carbonyl (C=O) groups is 1. The second-order valence-electron chi connectivity index (χ2n) is 6.76. The van der Waals surface area contributed by atoms with Gasteiger partial charge in [-0.1, -0.05) is 12.1 Å². The van der Waals surface area contributed by atoms with Crippen molar-refractivity contribution >= 4 is 5.91 Å². The normalized spacial score (nSPS) is 15.2. The van der Waals surface area contributed by atoms with Crippen LogP contribution in [-0.2, 0) is 13.6 Å². The molecule has 1 amide bonds. The van der Waals surface area contributed by atoms with E-state index in [1.807, 2.05) is 51.7 Å². The monoisotopic (exact) mass is 365 g/mol. The van der Waals surface area contributed by atoms with Crippen LogP contribution < -0.4 is 0 Å². The zero-order chi connectivity index (χ0) is 18.6. The van der Waals surface area contributed by atoms with Gasteiger partial charge in [-0.05, 0) is 17.7 Å². The molecule has 1 aromatic carbocycles. The van der Waals surface area contributed by atoms with E-state index in [0.29, 0.717) is 0 Å². The molecular weight excluding hydrogens is 342 g/mol. The number of aromatic nitrogens is 5. The first-order valence-electron chi connectivity index (χ1n) is 9.11. The van der Waals surface area contributed by atoms with Crippen LogP contribution in [0.15, 0.2) is 49.4 Å². The highest BCUT2D eigenvalue weighted by Gasteiger charge is 2.22. The number of hydrogen-bond donors (Lipinski definition) is 0. The third-order valence-electron chi connectivity index (χ3n) is 5.02. The molecule has 1 aliphatic rings. The van der Waals surface area contributed by atoms with E-state index in [9.17, 15) is 4.79 Å². The van der Waals surface area contributed by atoms with Crippen molar-refractivity contribution in [2.75, 3.05) is 32.7 Å². The number of nitrogens with zero attached hydrogens (tertiary/aromatic N) is 7. The van der Waals surface area contributed by atoms with Crippen molar-refractivity contribution in [3.63, 3.8) is 0 Å². The van der Waals surface area contributed by atoms with Gasteiger partial charge in [0.05, 0.1) is 24.8 Å². The molecule has 0 atom stereocenters. The first-order chi connectivity index (χ1) is 13.2. The summed E-state index contributed by atoms with van der Waals surface area (Å²) in [6.07, 6.45) is 6.89. The number of aryl methyl sites for hydroxylation is 1. The SMILES string of the molecule is Cn1cncc1-c1ccc(C(=O)N2CCN(CCn3cncn3)CC2)cc1. The Balaban J connectivity index is 1.32. The first-order valence-corrected chi connectivity index (χ1v) is 9.11. The van der Waals surface area contributed by atoms with Gasteiger partial charge in [-0.2, -0.15) is 5.10 Å². The van der Waals surface area contributed by atoms with Gasteiger partial charge in [0, 0.05) is 45.3 Å². The maximum Gasteiger partial charge on any atom is 0.253 e. The standard InChI is InChI=1S/C19H23N7O/c1-23-14-20-12-18(23)16-2-4-17(5-3-16)19(27)25-9-6-24(7-10-25)8-11-26-15-21-13-22-26/h2-5,12-15H,6-11H2,1H3. The fourth-order valence-electron chi connectivity index (χ4n) is 3.37. The van der Waals surface area contributed by atoms with E-state index in [0.717, 1.165) is 56.1 Å². The molecule has 3 aromatic rings. The van der Waals surface area contributed by atoms with Crippen LogP contribution in [0, 0.1) is 0 Å². The molecule has 8 nitrogen and oxygen atoms in total. The molecule has 2 aromatic heterocycles. The van der Waals surface area contributed by atoms with E-state index in [1.165, 1.54) is 0 Å². The summed E-state index contributed by atoms with van der Waals surface area (Å²) in [6, 6.07) is 7.78. The lowest BCUT2D eigenvalue weighted by Gasteiger charge is -2.34. The summed E-state index contributed by atoms with van der Waals surface area (Å²) < 4.78 is 3.80. The van der Waals surface area contributed by atoms with Crippen LogP contribution in [-0.4, -0.2) is 72.7 Å². The average molecular weight is 365 g/mol. The van der Waals surface area contributed by atoms with E-state index < -0.39 is 0 Å². The summed E-state index contributed by atoms with van der Waals surface area (Å²) in [5.41, 5.74) is 2.83. The Kier molecular flexibility index (Phi) is 4.97. The Labute approximate surface area is 158 Å². The van der Waals surface area contributed by atoms with Gasteiger partial charge in [0.15, 0.2) is 0 Å². The quantitative estimate of drug-likeness (QED) is 0.678. The number of rotatable bonds is 5. The Hall–Kier alpha value is -3.00. The van der Waals surface area contributed by atoms with Crippen molar-refractivity contribution in [2.24, 2.45) is 7.05 Å². The summed E-state index contributed by atoms with van der Waals surface area (Å²) in [5, 5.41) is 4.12. The summed E-state index contributed by atoms with van der Waals surface area (Å²) in [7, 11) is 1.96. The predicted molar refractivity (Wildman–Crippen MR) is 101 cm³/mol. The molecule has 4 rings (SSSR count). The van der Waals surface area contributed by atoms with E-state index in [2.05, 4.69) is 20.0 Å². The number of amides is 1. The van der Waals surface area contributed by atoms with Gasteiger partial charge in [0.1, 0.15) is 12.7 Å². The van der Waals surface area contributed by atoms with Crippen LogP contribution in [0.3, 0.4) is 0 Å². The summed E-state index contributed by atoms with van der Waals surface area (Å²) in [6.45, 7) is 5.01. The molecule has 0 spiro atoms. The molecule has 3 heterocycles. The fourth-order valence-corrected chi connectivity index (χ4v) is 3.37. The van der Waals surface area contributed by atoms with Crippen molar-refractivity contribution in [1.82, 2.24) is 34.1 Å². The van der Waals surface area contributed by atoms with E-state index in [-0.39, 0.29) is 5.91 Å². The van der Waals surface area contributed by atoms with Crippen molar-refractivity contribution < 1.29 is 4.79 Å². The molecule has 0 radical (unpaired) electrons. The molecule has 0 saturated carbocycles. The molecule has 8 heteroatoms. The summed E-state index contributed by atoms with van der Waals surface area (Å²) in [5.74, 6) is 0.0995. The average Bonchev–Trinajstić information content (AvgIpc) is 3.38. The Bertz CT molecular complexity index is 877. The van der Waals surface area contributed by atoms with E-state index in [4.69, 9.17) is 0 Å². The first kappa shape index (κ1) is 17.4. The fraction of sp³-hybridized carbons (Fsp3) is 0.368. The highest BCUT2D eigenvalue weighted by Crippen LogP contribution is 2.19. The van der Waals surface area contributed by atoms with Crippen molar-refractivity contribution in [2.45, 2.75) is 6.54 Å². The lowest BCUT2D eigenvalue weighted by atomic mass is 10.1. The molecule has 1 saturated heterocycles. The summed E-state index contributed by atoms with van der Waals surface area (Å²) >= 11 is 0. The number of benzene rings is 1. The molecule has 1 fully saturated rings. The summed E-state index contributed by atoms with van der Waals surface area (Å²) in [4.78, 5) is 25.2. The van der Waals surface area contributed by atoms with Gasteiger partial charge in [0.25, 0.3) is 5.91 Å². The van der Waals surface area contributed by atoms with Crippen LogP contribution in [0.5, 0.6) is 0 Å². The second-order valence-corrected chi connectivity index (χ2v) is 6.76. The highest BCUT2D eigenvalue weighted by atomic mass is 16.2. The largest absolute Gasteiger partial charge is 0.336 e. The predicted octanol–water partition coefficient (Wildman–Crippen LogP) is 1.14. The Morgan fingerprint density at radius 1 is 1.00 bits per heavy atom. The van der Waals surface area contributed by atoms with Crippen LogP contribution in [0.25, 0.3) is 11.3 Å². The molecule has 0 bridgehead atoms. The van der Waals surface area contributed by atoms with Crippen LogP contribution >= 0.6 is 0 Å². The smallest absolute Gasteiger partial charge is 0.253 e. The van der Waals surface area contributed by atoms with Gasteiger partial charge < -0.3 is 9.47 Å². The molecule has 0 unspecified atom stereocenters. The number of piperazine rings is 1. The molecular formula is C19H23N7O. The topological polar surface area (TPSA) is 72.1 Å². The van der Waals surface area contributed by atoms with E-state index in [1.54, 1.807) is 19.0 Å². The minimum Gasteiger partial charge on any atom is -0.336 e. The van der Waals surface area contributed by atoms with Crippen molar-refractivity contribution in [1.29, 1.82) is 0 Å². The Morgan fingerprint density at radius 3 is 2.41 bits per heavy atom. The minimum atomic E-state index is 0.0995. The van der Waals surface area contributed by atoms with Gasteiger partial charge in [0.2, 0.25) is 0 Å². The van der Waals surface area contributed by atoms with Crippen molar-refractivity contribution in [3.8, 4) is 11.3 Å². The zero-order valence-electron chi connectivity index (χ0n) is 15.4. The molecule has 140 valence electrons. The number of carbonyl (C=O) groups excluding carboxylic acids is 1. The molecule has 1 aliphatic heterocycles. The van der Waals surface area contributed by atoms with E-state index >= 15 is 0 Å². The van der Waals surface area contributed by atoms with Gasteiger partial charge in [-0.3, -0.25) is 14.4 Å². The lowest BCUT2D eigenvalue weighted by Crippen LogP contribution is -2.49. The third kappa shape index (κ3) is 3.90. The number of hydrogen-bond acceptors (Lipinski definition) is 5. The highest BCUT2D eigenvalue weighted by molar-refractivity contribution is 5.94. The van der Waals surface area contributed by atoms with Gasteiger partial charge in [-0.25, -0.2) is 9.97 Å². The second kappa shape index (κ2) is 7.71. The third-order valence-corrected chi connectivity index (χ3v) is 5.02. The molecule has 27 heavy (non-hydrogen) atoms. The number of imidazole rings is 1.